The van der Waals surface area contributed by atoms with Gasteiger partial charge in [-0.05, 0) is 31.2 Å². The summed E-state index contributed by atoms with van der Waals surface area (Å²) in [5, 5.41) is 4.36. The molecular weight excluding hydrogens is 286 g/mol. The van der Waals surface area contributed by atoms with E-state index in [4.69, 9.17) is 0 Å². The van der Waals surface area contributed by atoms with Crippen LogP contribution in [-0.4, -0.2) is 27.6 Å². The van der Waals surface area contributed by atoms with Gasteiger partial charge in [-0.2, -0.15) is 5.10 Å². The molecule has 0 atom stereocenters. The lowest BCUT2D eigenvalue weighted by Crippen LogP contribution is -2.25. The molecule has 4 nitrogen and oxygen atoms in total. The molecule has 1 heterocycles. The third-order valence-corrected chi connectivity index (χ3v) is 3.72. The van der Waals surface area contributed by atoms with Crippen LogP contribution in [0.1, 0.15) is 21.5 Å². The Morgan fingerprint density at radius 2 is 1.78 bits per heavy atom. The van der Waals surface area contributed by atoms with Gasteiger partial charge in [0.15, 0.2) is 0 Å². The van der Waals surface area contributed by atoms with Crippen LogP contribution in [-0.2, 0) is 6.54 Å². The third kappa shape index (κ3) is 3.48. The zero-order valence-electron chi connectivity index (χ0n) is 13.3. The van der Waals surface area contributed by atoms with Gasteiger partial charge in [0.2, 0.25) is 0 Å². The van der Waals surface area contributed by atoms with Gasteiger partial charge in [-0.3, -0.25) is 4.79 Å². The van der Waals surface area contributed by atoms with Crippen molar-refractivity contribution in [3.8, 4) is 5.69 Å². The molecule has 0 aliphatic heterocycles. The number of carbonyl (C=O) groups is 1. The molecule has 0 aliphatic carbocycles. The summed E-state index contributed by atoms with van der Waals surface area (Å²) in [6.07, 6.45) is 3.75. The Balaban J connectivity index is 1.71. The van der Waals surface area contributed by atoms with E-state index < -0.39 is 0 Å². The second kappa shape index (κ2) is 6.48. The molecule has 0 aliphatic rings. The minimum Gasteiger partial charge on any atom is -0.337 e. The summed E-state index contributed by atoms with van der Waals surface area (Å²) < 4.78 is 1.82. The Morgan fingerprint density at radius 1 is 1.09 bits per heavy atom. The molecule has 0 radical (unpaired) electrons. The fraction of sp³-hybridized carbons (Fsp3) is 0.158. The number of aromatic nitrogens is 2. The van der Waals surface area contributed by atoms with Gasteiger partial charge in [-0.25, -0.2) is 4.68 Å². The maximum atomic E-state index is 12.4. The van der Waals surface area contributed by atoms with Gasteiger partial charge < -0.3 is 4.90 Å². The van der Waals surface area contributed by atoms with Crippen molar-refractivity contribution in [3.05, 3.63) is 83.7 Å². The van der Waals surface area contributed by atoms with Gasteiger partial charge in [0, 0.05) is 30.9 Å². The fourth-order valence-electron chi connectivity index (χ4n) is 2.43. The minimum absolute atomic E-state index is 0.0115. The fourth-order valence-corrected chi connectivity index (χ4v) is 2.43. The van der Waals surface area contributed by atoms with Crippen LogP contribution < -0.4 is 0 Å². The van der Waals surface area contributed by atoms with Gasteiger partial charge in [0.05, 0.1) is 11.9 Å². The summed E-state index contributed by atoms with van der Waals surface area (Å²) in [5.74, 6) is 0.0115. The van der Waals surface area contributed by atoms with Gasteiger partial charge in [-0.15, -0.1) is 0 Å². The van der Waals surface area contributed by atoms with Crippen molar-refractivity contribution in [2.45, 2.75) is 13.5 Å². The first-order valence-electron chi connectivity index (χ1n) is 7.54. The van der Waals surface area contributed by atoms with E-state index in [0.717, 1.165) is 16.8 Å². The number of para-hydroxylation sites is 1. The Hall–Kier alpha value is -2.88. The predicted octanol–water partition coefficient (Wildman–Crippen LogP) is 3.45. The molecular formula is C19H19N3O. The van der Waals surface area contributed by atoms with Gasteiger partial charge in [0.25, 0.3) is 5.91 Å². The number of rotatable bonds is 4. The van der Waals surface area contributed by atoms with Crippen molar-refractivity contribution >= 4 is 5.91 Å². The molecule has 0 unspecified atom stereocenters. The van der Waals surface area contributed by atoms with Crippen LogP contribution in [0.25, 0.3) is 5.69 Å². The van der Waals surface area contributed by atoms with Gasteiger partial charge >= 0.3 is 0 Å². The van der Waals surface area contributed by atoms with E-state index in [1.165, 1.54) is 0 Å². The van der Waals surface area contributed by atoms with Crippen molar-refractivity contribution in [2.75, 3.05) is 7.05 Å². The van der Waals surface area contributed by atoms with Crippen LogP contribution >= 0.6 is 0 Å². The molecule has 0 spiro atoms. The van der Waals surface area contributed by atoms with Crippen LogP contribution in [0.3, 0.4) is 0 Å². The second-order valence-electron chi connectivity index (χ2n) is 5.66. The van der Waals surface area contributed by atoms with Crippen molar-refractivity contribution in [1.82, 2.24) is 14.7 Å². The van der Waals surface area contributed by atoms with Crippen LogP contribution in [0, 0.1) is 6.92 Å². The number of carbonyl (C=O) groups excluding carboxylic acids is 1. The maximum Gasteiger partial charge on any atom is 0.253 e. The average Bonchev–Trinajstić information content (AvgIpc) is 3.04. The molecule has 0 N–H and O–H groups in total. The predicted molar refractivity (Wildman–Crippen MR) is 90.5 cm³/mol. The minimum atomic E-state index is 0.0115. The third-order valence-electron chi connectivity index (χ3n) is 3.72. The largest absolute Gasteiger partial charge is 0.337 e. The number of benzene rings is 2. The zero-order chi connectivity index (χ0) is 16.2. The van der Waals surface area contributed by atoms with E-state index in [-0.39, 0.29) is 5.91 Å². The lowest BCUT2D eigenvalue weighted by Gasteiger charge is -2.16. The summed E-state index contributed by atoms with van der Waals surface area (Å²) in [6.45, 7) is 2.54. The molecule has 3 rings (SSSR count). The number of aryl methyl sites for hydroxylation is 1. The van der Waals surface area contributed by atoms with Crippen molar-refractivity contribution in [1.29, 1.82) is 0 Å². The molecule has 0 saturated heterocycles. The number of nitrogens with zero attached hydrogens (tertiary/aromatic N) is 3. The Morgan fingerprint density at radius 3 is 2.48 bits per heavy atom. The Kier molecular flexibility index (Phi) is 4.24. The summed E-state index contributed by atoms with van der Waals surface area (Å²) in [4.78, 5) is 14.1. The topological polar surface area (TPSA) is 38.1 Å². The molecule has 0 bridgehead atoms. The molecule has 4 heteroatoms. The highest BCUT2D eigenvalue weighted by atomic mass is 16.2. The summed E-state index contributed by atoms with van der Waals surface area (Å²) >= 11 is 0. The smallest absolute Gasteiger partial charge is 0.253 e. The molecule has 23 heavy (non-hydrogen) atoms. The molecule has 1 amide bonds. The number of hydrogen-bond donors (Lipinski definition) is 0. The normalized spacial score (nSPS) is 10.5. The van der Waals surface area contributed by atoms with E-state index >= 15 is 0 Å². The van der Waals surface area contributed by atoms with Crippen LogP contribution in [0.15, 0.2) is 67.0 Å². The van der Waals surface area contributed by atoms with E-state index in [1.807, 2.05) is 79.4 Å². The van der Waals surface area contributed by atoms with E-state index in [1.54, 1.807) is 11.1 Å². The van der Waals surface area contributed by atoms with Crippen molar-refractivity contribution in [2.24, 2.45) is 0 Å². The summed E-state index contributed by atoms with van der Waals surface area (Å²) in [5.41, 5.74) is 3.85. The lowest BCUT2D eigenvalue weighted by atomic mass is 10.1. The maximum absolute atomic E-state index is 12.4. The van der Waals surface area contributed by atoms with Crippen molar-refractivity contribution in [3.63, 3.8) is 0 Å². The highest BCUT2D eigenvalue weighted by Gasteiger charge is 2.12. The molecule has 3 aromatic rings. The van der Waals surface area contributed by atoms with Crippen molar-refractivity contribution < 1.29 is 4.79 Å². The summed E-state index contributed by atoms with van der Waals surface area (Å²) in [6, 6.07) is 17.6. The molecule has 0 fully saturated rings. The second-order valence-corrected chi connectivity index (χ2v) is 5.66. The highest BCUT2D eigenvalue weighted by Crippen LogP contribution is 2.11. The van der Waals surface area contributed by atoms with E-state index in [0.29, 0.717) is 12.1 Å². The Labute approximate surface area is 136 Å². The SMILES string of the molecule is Cc1ccc(C(=O)N(C)Cc2cnn(-c3ccccc3)c2)cc1. The highest BCUT2D eigenvalue weighted by molar-refractivity contribution is 5.94. The number of amides is 1. The quantitative estimate of drug-likeness (QED) is 0.740. The van der Waals surface area contributed by atoms with E-state index in [2.05, 4.69) is 5.10 Å². The first-order chi connectivity index (χ1) is 11.1. The molecule has 1 aromatic heterocycles. The first-order valence-corrected chi connectivity index (χ1v) is 7.54. The van der Waals surface area contributed by atoms with Gasteiger partial charge in [0.1, 0.15) is 0 Å². The summed E-state index contributed by atoms with van der Waals surface area (Å²) in [7, 11) is 1.81. The average molecular weight is 305 g/mol. The zero-order valence-corrected chi connectivity index (χ0v) is 13.3. The monoisotopic (exact) mass is 305 g/mol. The van der Waals surface area contributed by atoms with Crippen LogP contribution in [0.2, 0.25) is 0 Å². The van der Waals surface area contributed by atoms with Gasteiger partial charge in [-0.1, -0.05) is 35.9 Å². The molecule has 116 valence electrons. The lowest BCUT2D eigenvalue weighted by molar-refractivity contribution is 0.0785. The number of hydrogen-bond acceptors (Lipinski definition) is 2. The van der Waals surface area contributed by atoms with Crippen LogP contribution in [0.5, 0.6) is 0 Å². The molecule has 2 aromatic carbocycles. The Bertz CT molecular complexity index is 791. The standard InChI is InChI=1S/C19H19N3O/c1-15-8-10-17(11-9-15)19(23)21(2)13-16-12-20-22(14-16)18-6-4-3-5-7-18/h3-12,14H,13H2,1-2H3. The molecule has 0 saturated carbocycles. The van der Waals surface area contributed by atoms with E-state index in [9.17, 15) is 4.79 Å². The first kappa shape index (κ1) is 15.0. The van der Waals surface area contributed by atoms with Crippen LogP contribution in [0.4, 0.5) is 0 Å².